The third-order valence-corrected chi connectivity index (χ3v) is 3.53. The van der Waals surface area contributed by atoms with Crippen LogP contribution < -0.4 is 5.32 Å². The van der Waals surface area contributed by atoms with Crippen LogP contribution in [0, 0.1) is 13.8 Å². The van der Waals surface area contributed by atoms with E-state index in [-0.39, 0.29) is 5.91 Å². The number of hydrogen-bond donors (Lipinski definition) is 1. The number of rotatable bonds is 3. The summed E-state index contributed by atoms with van der Waals surface area (Å²) in [4.78, 5) is 25.2. The van der Waals surface area contributed by atoms with Crippen LogP contribution in [0.25, 0.3) is 0 Å². The average Bonchev–Trinajstić information content (AvgIpc) is 2.37. The van der Waals surface area contributed by atoms with Gasteiger partial charge in [0.25, 0.3) is 0 Å². The number of nitrogens with zero attached hydrogens (tertiary/aromatic N) is 1. The van der Waals surface area contributed by atoms with Crippen LogP contribution in [0.3, 0.4) is 0 Å². The third kappa shape index (κ3) is 3.64. The summed E-state index contributed by atoms with van der Waals surface area (Å²) in [5.41, 5.74) is 3.05. The average molecular weight is 260 g/mol. The highest BCUT2D eigenvalue weighted by molar-refractivity contribution is 5.93. The molecule has 4 heteroatoms. The number of anilines is 1. The number of Topliss-reactive ketones (excluding diaryl/α,β-unsaturated/α-hetero) is 1. The van der Waals surface area contributed by atoms with Gasteiger partial charge in [0.2, 0.25) is 5.91 Å². The molecule has 0 unspecified atom stereocenters. The van der Waals surface area contributed by atoms with Crippen LogP contribution in [0.1, 0.15) is 24.0 Å². The summed E-state index contributed by atoms with van der Waals surface area (Å²) in [5.74, 6) is 0.290. The minimum atomic E-state index is -0.00764. The Morgan fingerprint density at radius 1 is 1.21 bits per heavy atom. The molecule has 0 aromatic heterocycles. The van der Waals surface area contributed by atoms with Crippen molar-refractivity contribution < 1.29 is 9.59 Å². The number of hydrogen-bond acceptors (Lipinski definition) is 3. The molecule has 1 heterocycles. The molecule has 2 rings (SSSR count). The number of piperidine rings is 1. The SMILES string of the molecule is Cc1cccc(C)c1NC(=O)CN1CCC(=O)CC1. The van der Waals surface area contributed by atoms with Gasteiger partial charge in [-0.2, -0.15) is 0 Å². The first kappa shape index (κ1) is 13.7. The van der Waals surface area contributed by atoms with Crippen molar-refractivity contribution in [2.75, 3.05) is 25.0 Å². The Morgan fingerprint density at radius 2 is 1.79 bits per heavy atom. The molecule has 0 bridgehead atoms. The van der Waals surface area contributed by atoms with Gasteiger partial charge in [0, 0.05) is 31.6 Å². The second-order valence-corrected chi connectivity index (χ2v) is 5.13. The number of nitrogens with one attached hydrogen (secondary N) is 1. The van der Waals surface area contributed by atoms with Gasteiger partial charge in [-0.05, 0) is 25.0 Å². The molecule has 1 aromatic carbocycles. The van der Waals surface area contributed by atoms with Crippen molar-refractivity contribution in [3.05, 3.63) is 29.3 Å². The normalized spacial score (nSPS) is 16.4. The lowest BCUT2D eigenvalue weighted by molar-refractivity contribution is -0.124. The van der Waals surface area contributed by atoms with Crippen LogP contribution in [-0.4, -0.2) is 36.2 Å². The molecule has 0 saturated carbocycles. The van der Waals surface area contributed by atoms with E-state index in [2.05, 4.69) is 5.32 Å². The highest BCUT2D eigenvalue weighted by atomic mass is 16.2. The van der Waals surface area contributed by atoms with Crippen molar-refractivity contribution in [1.29, 1.82) is 0 Å². The summed E-state index contributed by atoms with van der Waals surface area (Å²) in [6.07, 6.45) is 1.13. The zero-order chi connectivity index (χ0) is 13.8. The van der Waals surface area contributed by atoms with Gasteiger partial charge in [-0.3, -0.25) is 14.5 Å². The van der Waals surface area contributed by atoms with Crippen molar-refractivity contribution in [2.45, 2.75) is 26.7 Å². The van der Waals surface area contributed by atoms with E-state index in [9.17, 15) is 9.59 Å². The van der Waals surface area contributed by atoms with Crippen LogP contribution in [0.5, 0.6) is 0 Å². The molecule has 1 N–H and O–H groups in total. The molecule has 0 spiro atoms. The molecule has 0 radical (unpaired) electrons. The molecule has 1 aliphatic heterocycles. The number of benzene rings is 1. The Bertz CT molecular complexity index is 467. The topological polar surface area (TPSA) is 49.4 Å². The lowest BCUT2D eigenvalue weighted by atomic mass is 10.1. The van der Waals surface area contributed by atoms with Crippen molar-refractivity contribution in [3.63, 3.8) is 0 Å². The second kappa shape index (κ2) is 5.97. The van der Waals surface area contributed by atoms with Crippen LogP contribution in [0.2, 0.25) is 0 Å². The zero-order valence-corrected chi connectivity index (χ0v) is 11.5. The van der Waals surface area contributed by atoms with E-state index in [4.69, 9.17) is 0 Å². The number of aryl methyl sites for hydroxylation is 2. The van der Waals surface area contributed by atoms with E-state index in [0.29, 0.717) is 38.3 Å². The van der Waals surface area contributed by atoms with E-state index in [1.165, 1.54) is 0 Å². The molecule has 1 saturated heterocycles. The molecular weight excluding hydrogens is 240 g/mol. The van der Waals surface area contributed by atoms with Gasteiger partial charge in [0.1, 0.15) is 5.78 Å². The van der Waals surface area contributed by atoms with E-state index in [1.807, 2.05) is 36.9 Å². The summed E-state index contributed by atoms with van der Waals surface area (Å²) in [5, 5.41) is 2.97. The number of amides is 1. The standard InChI is InChI=1S/C15H20N2O2/c1-11-4-3-5-12(2)15(11)16-14(19)10-17-8-6-13(18)7-9-17/h3-5H,6-10H2,1-2H3,(H,16,19). The fourth-order valence-corrected chi connectivity index (χ4v) is 2.35. The van der Waals surface area contributed by atoms with E-state index in [0.717, 1.165) is 16.8 Å². The highest BCUT2D eigenvalue weighted by Gasteiger charge is 2.18. The minimum absolute atomic E-state index is 0.00764. The molecule has 102 valence electrons. The van der Waals surface area contributed by atoms with Gasteiger partial charge in [-0.15, -0.1) is 0 Å². The highest BCUT2D eigenvalue weighted by Crippen LogP contribution is 2.19. The van der Waals surface area contributed by atoms with Gasteiger partial charge in [-0.1, -0.05) is 18.2 Å². The van der Waals surface area contributed by atoms with Gasteiger partial charge < -0.3 is 5.32 Å². The van der Waals surface area contributed by atoms with Gasteiger partial charge in [0.15, 0.2) is 0 Å². The van der Waals surface area contributed by atoms with E-state index >= 15 is 0 Å². The summed E-state index contributed by atoms with van der Waals surface area (Å²) < 4.78 is 0. The number of carbonyl (C=O) groups excluding carboxylic acids is 2. The number of carbonyl (C=O) groups is 2. The Balaban J connectivity index is 1.92. The van der Waals surface area contributed by atoms with E-state index < -0.39 is 0 Å². The number of ketones is 1. The number of para-hydroxylation sites is 1. The monoisotopic (exact) mass is 260 g/mol. The molecule has 1 aromatic rings. The van der Waals surface area contributed by atoms with Crippen molar-refractivity contribution >= 4 is 17.4 Å². The molecule has 0 atom stereocenters. The quantitative estimate of drug-likeness (QED) is 0.903. The van der Waals surface area contributed by atoms with Crippen LogP contribution in [0.15, 0.2) is 18.2 Å². The van der Waals surface area contributed by atoms with Crippen molar-refractivity contribution in [3.8, 4) is 0 Å². The largest absolute Gasteiger partial charge is 0.324 e. The van der Waals surface area contributed by atoms with Crippen molar-refractivity contribution in [1.82, 2.24) is 4.90 Å². The predicted molar refractivity (Wildman–Crippen MR) is 75.2 cm³/mol. The summed E-state index contributed by atoms with van der Waals surface area (Å²) in [7, 11) is 0. The smallest absolute Gasteiger partial charge is 0.238 e. The zero-order valence-electron chi connectivity index (χ0n) is 11.5. The lowest BCUT2D eigenvalue weighted by Crippen LogP contribution is -2.39. The fraction of sp³-hybridized carbons (Fsp3) is 0.467. The fourth-order valence-electron chi connectivity index (χ4n) is 2.35. The first-order valence-corrected chi connectivity index (χ1v) is 6.66. The first-order chi connectivity index (χ1) is 9.06. The maximum Gasteiger partial charge on any atom is 0.238 e. The Hall–Kier alpha value is -1.68. The lowest BCUT2D eigenvalue weighted by Gasteiger charge is -2.25. The Kier molecular flexibility index (Phi) is 4.32. The van der Waals surface area contributed by atoms with E-state index in [1.54, 1.807) is 0 Å². The molecule has 4 nitrogen and oxygen atoms in total. The predicted octanol–water partition coefficient (Wildman–Crippen LogP) is 1.91. The van der Waals surface area contributed by atoms with Gasteiger partial charge in [-0.25, -0.2) is 0 Å². The van der Waals surface area contributed by atoms with Crippen LogP contribution >= 0.6 is 0 Å². The molecular formula is C15H20N2O2. The molecule has 1 aliphatic rings. The molecule has 1 fully saturated rings. The van der Waals surface area contributed by atoms with Crippen LogP contribution in [0.4, 0.5) is 5.69 Å². The minimum Gasteiger partial charge on any atom is -0.324 e. The second-order valence-electron chi connectivity index (χ2n) is 5.13. The third-order valence-electron chi connectivity index (χ3n) is 3.53. The number of likely N-dealkylation sites (tertiary alicyclic amines) is 1. The first-order valence-electron chi connectivity index (χ1n) is 6.66. The van der Waals surface area contributed by atoms with Crippen LogP contribution in [-0.2, 0) is 9.59 Å². The van der Waals surface area contributed by atoms with Crippen molar-refractivity contribution in [2.24, 2.45) is 0 Å². The maximum atomic E-state index is 12.0. The molecule has 0 aliphatic carbocycles. The molecule has 19 heavy (non-hydrogen) atoms. The molecule has 1 amide bonds. The maximum absolute atomic E-state index is 12.0. The van der Waals surface area contributed by atoms with Gasteiger partial charge >= 0.3 is 0 Å². The summed E-state index contributed by atoms with van der Waals surface area (Å²) >= 11 is 0. The Labute approximate surface area is 113 Å². The summed E-state index contributed by atoms with van der Waals surface area (Å²) in [6.45, 7) is 5.73. The van der Waals surface area contributed by atoms with Gasteiger partial charge in [0.05, 0.1) is 6.54 Å². The summed E-state index contributed by atoms with van der Waals surface area (Å²) in [6, 6.07) is 5.96. The Morgan fingerprint density at radius 3 is 2.37 bits per heavy atom.